The van der Waals surface area contributed by atoms with Gasteiger partial charge in [-0.2, -0.15) is 5.26 Å². The summed E-state index contributed by atoms with van der Waals surface area (Å²) in [4.78, 5) is 22.7. The van der Waals surface area contributed by atoms with E-state index in [1.165, 1.54) is 0 Å². The molecule has 1 N–H and O–H groups in total. The van der Waals surface area contributed by atoms with Crippen molar-refractivity contribution >= 4 is 16.8 Å². The van der Waals surface area contributed by atoms with Gasteiger partial charge in [-0.3, -0.25) is 9.78 Å². The second kappa shape index (κ2) is 9.06. The fraction of sp³-hybridized carbons (Fsp3) is 0.160. The van der Waals surface area contributed by atoms with Crippen molar-refractivity contribution < 1.29 is 4.79 Å². The lowest BCUT2D eigenvalue weighted by atomic mass is 10.0. The Balaban J connectivity index is 1.67. The average molecular weight is 394 g/mol. The third-order valence-electron chi connectivity index (χ3n) is 5.15. The molecule has 2 aromatic heterocycles. The van der Waals surface area contributed by atoms with Crippen LogP contribution in [0.4, 0.5) is 0 Å². The maximum Gasteiger partial charge on any atom is 0.227 e. The highest BCUT2D eigenvalue weighted by Gasteiger charge is 2.20. The number of H-pyrrole nitrogens is 1. The van der Waals surface area contributed by atoms with E-state index in [0.29, 0.717) is 19.5 Å². The van der Waals surface area contributed by atoms with Gasteiger partial charge in [0.2, 0.25) is 5.91 Å². The first-order valence-electron chi connectivity index (χ1n) is 9.95. The number of amides is 1. The first-order chi connectivity index (χ1) is 14.8. The van der Waals surface area contributed by atoms with Crippen LogP contribution in [-0.2, 0) is 17.8 Å². The minimum Gasteiger partial charge on any atom is -0.354 e. The lowest BCUT2D eigenvalue weighted by Crippen LogP contribution is -2.32. The topological polar surface area (TPSA) is 72.8 Å². The van der Waals surface area contributed by atoms with Gasteiger partial charge in [0, 0.05) is 36.4 Å². The van der Waals surface area contributed by atoms with Crippen LogP contribution in [0.15, 0.2) is 79.1 Å². The predicted molar refractivity (Wildman–Crippen MR) is 117 cm³/mol. The van der Waals surface area contributed by atoms with Crippen LogP contribution in [0, 0.1) is 11.3 Å². The second-order valence-corrected chi connectivity index (χ2v) is 7.15. The smallest absolute Gasteiger partial charge is 0.227 e. The highest BCUT2D eigenvalue weighted by Crippen LogP contribution is 2.31. The molecule has 4 aromatic rings. The van der Waals surface area contributed by atoms with Gasteiger partial charge in [-0.25, -0.2) is 0 Å². The lowest BCUT2D eigenvalue weighted by molar-refractivity contribution is -0.131. The van der Waals surface area contributed by atoms with Gasteiger partial charge in [0.05, 0.1) is 24.6 Å². The Morgan fingerprint density at radius 2 is 1.83 bits per heavy atom. The van der Waals surface area contributed by atoms with Gasteiger partial charge in [0.15, 0.2) is 0 Å². The van der Waals surface area contributed by atoms with E-state index >= 15 is 0 Å². The number of rotatable bonds is 7. The number of hydrogen-bond acceptors (Lipinski definition) is 3. The molecule has 0 fully saturated rings. The molecule has 0 saturated carbocycles. The van der Waals surface area contributed by atoms with Crippen molar-refractivity contribution in [2.75, 3.05) is 6.54 Å². The van der Waals surface area contributed by atoms with Crippen LogP contribution in [0.25, 0.3) is 22.2 Å². The van der Waals surface area contributed by atoms with Crippen LogP contribution in [0.2, 0.25) is 0 Å². The molecule has 0 atom stereocenters. The van der Waals surface area contributed by atoms with Gasteiger partial charge in [-0.15, -0.1) is 0 Å². The number of aromatic nitrogens is 2. The summed E-state index contributed by atoms with van der Waals surface area (Å²) in [6.07, 6.45) is 4.03. The molecule has 30 heavy (non-hydrogen) atoms. The van der Waals surface area contributed by atoms with Gasteiger partial charge in [0.1, 0.15) is 0 Å². The largest absolute Gasteiger partial charge is 0.354 e. The summed E-state index contributed by atoms with van der Waals surface area (Å²) < 4.78 is 0. The number of nitrogens with zero attached hydrogens (tertiary/aromatic N) is 3. The van der Waals surface area contributed by atoms with Crippen LogP contribution in [-0.4, -0.2) is 27.3 Å². The van der Waals surface area contributed by atoms with Gasteiger partial charge in [-0.1, -0.05) is 54.6 Å². The van der Waals surface area contributed by atoms with Gasteiger partial charge in [-0.05, 0) is 28.8 Å². The maximum absolute atomic E-state index is 13.3. The number of benzene rings is 2. The molecule has 0 spiro atoms. The fourth-order valence-electron chi connectivity index (χ4n) is 3.69. The molecule has 0 aliphatic rings. The van der Waals surface area contributed by atoms with Crippen LogP contribution < -0.4 is 0 Å². The number of nitriles is 1. The van der Waals surface area contributed by atoms with Crippen LogP contribution in [0.5, 0.6) is 0 Å². The Hall–Kier alpha value is -3.91. The highest BCUT2D eigenvalue weighted by atomic mass is 16.2. The summed E-state index contributed by atoms with van der Waals surface area (Å²) in [5.74, 6) is -0.00367. The first kappa shape index (κ1) is 19.4. The number of fused-ring (bicyclic) bond motifs is 1. The Bertz CT molecular complexity index is 1180. The van der Waals surface area contributed by atoms with Crippen molar-refractivity contribution in [3.63, 3.8) is 0 Å². The number of nitrogens with one attached hydrogen (secondary N) is 1. The molecule has 0 aliphatic heterocycles. The van der Waals surface area contributed by atoms with Crippen molar-refractivity contribution in [3.8, 4) is 17.3 Å². The van der Waals surface area contributed by atoms with Crippen LogP contribution >= 0.6 is 0 Å². The molecule has 2 heterocycles. The summed E-state index contributed by atoms with van der Waals surface area (Å²) in [5, 5.41) is 10.1. The Labute approximate surface area is 175 Å². The first-order valence-corrected chi connectivity index (χ1v) is 9.95. The summed E-state index contributed by atoms with van der Waals surface area (Å²) in [6, 6.07) is 24.1. The van der Waals surface area contributed by atoms with Crippen molar-refractivity contribution in [3.05, 3.63) is 90.3 Å². The van der Waals surface area contributed by atoms with E-state index < -0.39 is 0 Å². The molecule has 5 heteroatoms. The minimum absolute atomic E-state index is 0.00367. The van der Waals surface area contributed by atoms with Crippen molar-refractivity contribution in [2.24, 2.45) is 0 Å². The number of carbonyl (C=O) groups excluding carboxylic acids is 1. The van der Waals surface area contributed by atoms with Crippen molar-refractivity contribution in [2.45, 2.75) is 19.4 Å². The zero-order valence-corrected chi connectivity index (χ0v) is 16.6. The zero-order valence-electron chi connectivity index (χ0n) is 16.6. The molecule has 4 rings (SSSR count). The van der Waals surface area contributed by atoms with E-state index in [9.17, 15) is 4.79 Å². The summed E-state index contributed by atoms with van der Waals surface area (Å²) >= 11 is 0. The normalized spacial score (nSPS) is 10.6. The Morgan fingerprint density at radius 3 is 2.60 bits per heavy atom. The fourth-order valence-corrected chi connectivity index (χ4v) is 3.69. The summed E-state index contributed by atoms with van der Waals surface area (Å²) in [7, 11) is 0. The monoisotopic (exact) mass is 394 g/mol. The molecule has 0 aliphatic carbocycles. The quantitative estimate of drug-likeness (QED) is 0.493. The molecule has 0 bridgehead atoms. The third kappa shape index (κ3) is 4.23. The van der Waals surface area contributed by atoms with E-state index in [0.717, 1.165) is 33.3 Å². The number of pyridine rings is 1. The standard InChI is InChI=1S/C25H22N4O/c26-13-7-15-29(18-19-8-6-14-27-17-19)24(30)16-22-21-11-4-5-12-23(21)28-25(22)20-9-2-1-3-10-20/h1-6,8-12,14,17,28H,7,15-16,18H2. The summed E-state index contributed by atoms with van der Waals surface area (Å²) in [6.45, 7) is 0.838. The van der Waals surface area contributed by atoms with Gasteiger partial charge >= 0.3 is 0 Å². The van der Waals surface area contributed by atoms with Crippen molar-refractivity contribution in [1.82, 2.24) is 14.9 Å². The maximum atomic E-state index is 13.3. The predicted octanol–water partition coefficient (Wildman–Crippen LogP) is 4.71. The SMILES string of the molecule is N#CCCN(Cc1cccnc1)C(=O)Cc1c(-c2ccccc2)[nH]c2ccccc12. The van der Waals surface area contributed by atoms with E-state index in [4.69, 9.17) is 5.26 Å². The number of para-hydroxylation sites is 1. The van der Waals surface area contributed by atoms with E-state index in [-0.39, 0.29) is 12.3 Å². The van der Waals surface area contributed by atoms with E-state index in [1.54, 1.807) is 17.3 Å². The number of hydrogen-bond donors (Lipinski definition) is 1. The Morgan fingerprint density at radius 1 is 1.03 bits per heavy atom. The summed E-state index contributed by atoms with van der Waals surface area (Å²) in [5.41, 5.74) is 4.95. The molecule has 148 valence electrons. The van der Waals surface area contributed by atoms with Gasteiger partial charge in [0.25, 0.3) is 0 Å². The molecule has 0 radical (unpaired) electrons. The van der Waals surface area contributed by atoms with Gasteiger partial charge < -0.3 is 9.88 Å². The molecule has 1 amide bonds. The molecule has 2 aromatic carbocycles. The van der Waals surface area contributed by atoms with Crippen molar-refractivity contribution in [1.29, 1.82) is 5.26 Å². The molecule has 0 saturated heterocycles. The third-order valence-corrected chi connectivity index (χ3v) is 5.15. The zero-order chi connectivity index (χ0) is 20.8. The van der Waals surface area contributed by atoms with E-state index in [2.05, 4.69) is 16.0 Å². The molecule has 5 nitrogen and oxygen atoms in total. The highest BCUT2D eigenvalue weighted by molar-refractivity contribution is 5.95. The molecular formula is C25H22N4O. The Kier molecular flexibility index (Phi) is 5.86. The molecular weight excluding hydrogens is 372 g/mol. The minimum atomic E-state index is -0.00367. The molecule has 0 unspecified atom stereocenters. The van der Waals surface area contributed by atoms with Crippen LogP contribution in [0.1, 0.15) is 17.5 Å². The number of carbonyl (C=O) groups is 1. The van der Waals surface area contributed by atoms with Crippen LogP contribution in [0.3, 0.4) is 0 Å². The number of aromatic amines is 1. The van der Waals surface area contributed by atoms with E-state index in [1.807, 2.05) is 66.7 Å². The lowest BCUT2D eigenvalue weighted by Gasteiger charge is -2.22. The second-order valence-electron chi connectivity index (χ2n) is 7.15. The average Bonchev–Trinajstić information content (AvgIpc) is 3.16.